The molecule has 4 rings (SSSR count). The SMILES string of the molecule is N#Cc1ccc(CC(c2cnc[nH]2)c2cc3cc(Br)ccc3[nH]2)cc1. The van der Waals surface area contributed by atoms with Gasteiger partial charge in [-0.3, -0.25) is 0 Å². The van der Waals surface area contributed by atoms with Gasteiger partial charge in [0.25, 0.3) is 0 Å². The number of hydrogen-bond donors (Lipinski definition) is 2. The number of nitrogens with one attached hydrogen (secondary N) is 2. The first-order chi connectivity index (χ1) is 12.2. The van der Waals surface area contributed by atoms with Crippen molar-refractivity contribution < 1.29 is 0 Å². The Kier molecular flexibility index (Phi) is 4.12. The first kappa shape index (κ1) is 15.7. The molecular weight excluding hydrogens is 376 g/mol. The van der Waals surface area contributed by atoms with Crippen molar-refractivity contribution in [3.63, 3.8) is 0 Å². The Morgan fingerprint density at radius 1 is 1.08 bits per heavy atom. The fourth-order valence-corrected chi connectivity index (χ4v) is 3.49. The lowest BCUT2D eigenvalue weighted by Crippen LogP contribution is -2.06. The Balaban J connectivity index is 1.73. The van der Waals surface area contributed by atoms with Crippen LogP contribution in [-0.2, 0) is 6.42 Å². The van der Waals surface area contributed by atoms with E-state index in [0.29, 0.717) is 5.56 Å². The topological polar surface area (TPSA) is 68.3 Å². The van der Waals surface area contributed by atoms with Gasteiger partial charge in [0.05, 0.1) is 18.0 Å². The summed E-state index contributed by atoms with van der Waals surface area (Å²) in [5.74, 6) is 0.140. The van der Waals surface area contributed by atoms with Crippen LogP contribution in [-0.4, -0.2) is 15.0 Å². The lowest BCUT2D eigenvalue weighted by atomic mass is 9.93. The Morgan fingerprint density at radius 2 is 1.92 bits per heavy atom. The highest BCUT2D eigenvalue weighted by Gasteiger charge is 2.19. The Labute approximate surface area is 153 Å². The quantitative estimate of drug-likeness (QED) is 0.520. The second-order valence-corrected chi connectivity index (χ2v) is 6.94. The molecule has 0 saturated heterocycles. The average molecular weight is 391 g/mol. The molecule has 4 nitrogen and oxygen atoms in total. The van der Waals surface area contributed by atoms with Gasteiger partial charge >= 0.3 is 0 Å². The lowest BCUT2D eigenvalue weighted by molar-refractivity contribution is 0.760. The summed E-state index contributed by atoms with van der Waals surface area (Å²) in [5.41, 5.74) is 5.18. The van der Waals surface area contributed by atoms with E-state index in [1.54, 1.807) is 6.33 Å². The molecular formula is C20H15BrN4. The molecule has 0 amide bonds. The lowest BCUT2D eigenvalue weighted by Gasteiger charge is -2.14. The largest absolute Gasteiger partial charge is 0.358 e. The summed E-state index contributed by atoms with van der Waals surface area (Å²) >= 11 is 3.53. The molecule has 122 valence electrons. The van der Waals surface area contributed by atoms with Crippen molar-refractivity contribution in [3.05, 3.63) is 88.0 Å². The smallest absolute Gasteiger partial charge is 0.0991 e. The van der Waals surface area contributed by atoms with Gasteiger partial charge in [0.2, 0.25) is 0 Å². The van der Waals surface area contributed by atoms with Crippen LogP contribution in [0.3, 0.4) is 0 Å². The number of hydrogen-bond acceptors (Lipinski definition) is 2. The van der Waals surface area contributed by atoms with Crippen LogP contribution < -0.4 is 0 Å². The number of imidazole rings is 1. The van der Waals surface area contributed by atoms with Crippen LogP contribution in [0.2, 0.25) is 0 Å². The van der Waals surface area contributed by atoms with Gasteiger partial charge in [-0.05, 0) is 48.4 Å². The molecule has 0 fully saturated rings. The van der Waals surface area contributed by atoms with Crippen LogP contribution in [0.4, 0.5) is 0 Å². The molecule has 0 aliphatic heterocycles. The molecule has 2 N–H and O–H groups in total. The van der Waals surface area contributed by atoms with E-state index in [9.17, 15) is 0 Å². The summed E-state index contributed by atoms with van der Waals surface area (Å²) < 4.78 is 1.07. The number of fused-ring (bicyclic) bond motifs is 1. The number of nitrogens with zero attached hydrogens (tertiary/aromatic N) is 2. The second kappa shape index (κ2) is 6.58. The highest BCUT2D eigenvalue weighted by molar-refractivity contribution is 9.10. The monoisotopic (exact) mass is 390 g/mol. The zero-order valence-corrected chi connectivity index (χ0v) is 14.9. The molecule has 0 radical (unpaired) electrons. The summed E-state index contributed by atoms with van der Waals surface area (Å²) in [4.78, 5) is 11.0. The number of H-pyrrole nitrogens is 2. The summed E-state index contributed by atoms with van der Waals surface area (Å²) in [6.07, 6.45) is 4.40. The average Bonchev–Trinajstić information content (AvgIpc) is 3.29. The Morgan fingerprint density at radius 3 is 2.64 bits per heavy atom. The van der Waals surface area contributed by atoms with E-state index >= 15 is 0 Å². The first-order valence-corrected chi connectivity index (χ1v) is 8.78. The zero-order valence-electron chi connectivity index (χ0n) is 13.3. The molecule has 2 aromatic carbocycles. The van der Waals surface area contributed by atoms with Crippen LogP contribution in [0.1, 0.15) is 28.4 Å². The minimum absolute atomic E-state index is 0.140. The van der Waals surface area contributed by atoms with Gasteiger partial charge in [-0.1, -0.05) is 28.1 Å². The molecule has 5 heteroatoms. The first-order valence-electron chi connectivity index (χ1n) is 7.98. The normalized spacial score (nSPS) is 12.2. The fourth-order valence-electron chi connectivity index (χ4n) is 3.11. The van der Waals surface area contributed by atoms with Gasteiger partial charge < -0.3 is 9.97 Å². The van der Waals surface area contributed by atoms with E-state index in [4.69, 9.17) is 5.26 Å². The molecule has 2 heterocycles. The Bertz CT molecular complexity index is 1040. The highest BCUT2D eigenvalue weighted by Crippen LogP contribution is 2.30. The van der Waals surface area contributed by atoms with E-state index in [1.165, 1.54) is 10.9 Å². The minimum atomic E-state index is 0.140. The minimum Gasteiger partial charge on any atom is -0.358 e. The van der Waals surface area contributed by atoms with E-state index in [2.05, 4.69) is 55.2 Å². The molecule has 0 bridgehead atoms. The van der Waals surface area contributed by atoms with Crippen molar-refractivity contribution in [3.8, 4) is 6.07 Å². The van der Waals surface area contributed by atoms with Crippen molar-refractivity contribution in [2.24, 2.45) is 0 Å². The standard InChI is InChI=1S/C20H15BrN4/c21-16-5-6-18-15(8-16)9-19(25-18)17(20-11-23-12-24-20)7-13-1-3-14(10-22)4-2-13/h1-6,8-9,11-12,17,25H,7H2,(H,23,24). The third kappa shape index (κ3) is 3.21. The van der Waals surface area contributed by atoms with Gasteiger partial charge in [0.15, 0.2) is 0 Å². The van der Waals surface area contributed by atoms with Crippen LogP contribution in [0.15, 0.2) is 65.5 Å². The maximum atomic E-state index is 8.97. The Hall–Kier alpha value is -2.84. The van der Waals surface area contributed by atoms with E-state index in [-0.39, 0.29) is 5.92 Å². The van der Waals surface area contributed by atoms with Crippen LogP contribution in [0.5, 0.6) is 0 Å². The summed E-state index contributed by atoms with van der Waals surface area (Å²) in [6.45, 7) is 0. The molecule has 25 heavy (non-hydrogen) atoms. The van der Waals surface area contributed by atoms with Crippen LogP contribution in [0, 0.1) is 11.3 Å². The van der Waals surface area contributed by atoms with Crippen molar-refractivity contribution >= 4 is 26.8 Å². The predicted molar refractivity (Wildman–Crippen MR) is 101 cm³/mol. The summed E-state index contributed by atoms with van der Waals surface area (Å²) in [7, 11) is 0. The molecule has 0 spiro atoms. The number of aromatic nitrogens is 3. The van der Waals surface area contributed by atoms with Crippen molar-refractivity contribution in [2.75, 3.05) is 0 Å². The predicted octanol–water partition coefficient (Wildman–Crippen LogP) is 4.90. The van der Waals surface area contributed by atoms with Crippen LogP contribution in [0.25, 0.3) is 10.9 Å². The molecule has 0 aliphatic rings. The molecule has 4 aromatic rings. The number of halogens is 1. The van der Waals surface area contributed by atoms with Crippen molar-refractivity contribution in [1.82, 2.24) is 15.0 Å². The number of aromatic amines is 2. The van der Waals surface area contributed by atoms with Crippen molar-refractivity contribution in [2.45, 2.75) is 12.3 Å². The fraction of sp³-hybridized carbons (Fsp3) is 0.100. The van der Waals surface area contributed by atoms with E-state index in [0.717, 1.165) is 27.8 Å². The third-order valence-electron chi connectivity index (χ3n) is 4.40. The summed E-state index contributed by atoms with van der Waals surface area (Å²) in [6, 6.07) is 18.3. The second-order valence-electron chi connectivity index (χ2n) is 6.03. The van der Waals surface area contributed by atoms with Gasteiger partial charge in [-0.2, -0.15) is 5.26 Å². The molecule has 1 atom stereocenters. The van der Waals surface area contributed by atoms with Crippen LogP contribution >= 0.6 is 15.9 Å². The number of nitriles is 1. The maximum Gasteiger partial charge on any atom is 0.0991 e. The van der Waals surface area contributed by atoms with Crippen molar-refractivity contribution in [1.29, 1.82) is 5.26 Å². The molecule has 0 saturated carbocycles. The highest BCUT2D eigenvalue weighted by atomic mass is 79.9. The van der Waals surface area contributed by atoms with E-state index < -0.39 is 0 Å². The maximum absolute atomic E-state index is 8.97. The van der Waals surface area contributed by atoms with E-state index in [1.807, 2.05) is 36.5 Å². The molecule has 1 unspecified atom stereocenters. The molecule has 0 aliphatic carbocycles. The van der Waals surface area contributed by atoms with Gasteiger partial charge in [-0.25, -0.2) is 4.98 Å². The molecule has 2 aromatic heterocycles. The number of rotatable bonds is 4. The number of benzene rings is 2. The van der Waals surface area contributed by atoms with Gasteiger partial charge in [-0.15, -0.1) is 0 Å². The third-order valence-corrected chi connectivity index (χ3v) is 4.89. The van der Waals surface area contributed by atoms with Gasteiger partial charge in [0, 0.05) is 38.9 Å². The summed E-state index contributed by atoms with van der Waals surface area (Å²) in [5, 5.41) is 10.1. The van der Waals surface area contributed by atoms with Gasteiger partial charge in [0.1, 0.15) is 0 Å². The zero-order chi connectivity index (χ0) is 17.2.